The summed E-state index contributed by atoms with van der Waals surface area (Å²) in [6.45, 7) is 1.76. The molecule has 1 saturated heterocycles. The molecule has 5 nitrogen and oxygen atoms in total. The van der Waals surface area contributed by atoms with E-state index in [4.69, 9.17) is 9.47 Å². The highest BCUT2D eigenvalue weighted by molar-refractivity contribution is 5.98. The quantitative estimate of drug-likeness (QED) is 0.829. The van der Waals surface area contributed by atoms with E-state index in [0.29, 0.717) is 17.1 Å². The maximum atomic E-state index is 12.2. The molecular weight excluding hydrogens is 232 g/mol. The maximum Gasteiger partial charge on any atom is 0.255 e. The van der Waals surface area contributed by atoms with Crippen LogP contribution in [-0.2, 0) is 0 Å². The first-order valence-electron chi connectivity index (χ1n) is 5.99. The first-order valence-corrected chi connectivity index (χ1v) is 5.99. The minimum absolute atomic E-state index is 0.126. The average molecular weight is 250 g/mol. The molecule has 0 spiro atoms. The summed E-state index contributed by atoms with van der Waals surface area (Å²) in [4.78, 5) is 12.2. The third-order valence-corrected chi connectivity index (χ3v) is 3.04. The number of nitrogens with one attached hydrogen (secondary N) is 2. The van der Waals surface area contributed by atoms with E-state index in [2.05, 4.69) is 10.6 Å². The smallest absolute Gasteiger partial charge is 0.255 e. The number of hydrogen-bond acceptors (Lipinski definition) is 4. The average Bonchev–Trinajstić information content (AvgIpc) is 2.90. The Kier molecular flexibility index (Phi) is 4.04. The second-order valence-electron chi connectivity index (χ2n) is 4.20. The number of carbonyl (C=O) groups is 1. The van der Waals surface area contributed by atoms with Gasteiger partial charge in [-0.2, -0.15) is 0 Å². The van der Waals surface area contributed by atoms with E-state index in [1.807, 2.05) is 0 Å². The Labute approximate surface area is 106 Å². The molecule has 1 amide bonds. The Morgan fingerprint density at radius 2 is 2.22 bits per heavy atom. The summed E-state index contributed by atoms with van der Waals surface area (Å²) in [5.74, 6) is 0.914. The van der Waals surface area contributed by atoms with Gasteiger partial charge in [0.1, 0.15) is 0 Å². The second-order valence-corrected chi connectivity index (χ2v) is 4.20. The van der Waals surface area contributed by atoms with Crippen LogP contribution in [0.2, 0.25) is 0 Å². The van der Waals surface area contributed by atoms with Crippen LogP contribution in [0.1, 0.15) is 16.8 Å². The highest BCUT2D eigenvalue weighted by Gasteiger charge is 2.21. The van der Waals surface area contributed by atoms with Crippen LogP contribution < -0.4 is 20.1 Å². The van der Waals surface area contributed by atoms with Gasteiger partial charge in [0.2, 0.25) is 0 Å². The summed E-state index contributed by atoms with van der Waals surface area (Å²) in [6.07, 6.45) is 0.956. The zero-order valence-electron chi connectivity index (χ0n) is 10.7. The Morgan fingerprint density at radius 1 is 1.39 bits per heavy atom. The monoisotopic (exact) mass is 250 g/mol. The maximum absolute atomic E-state index is 12.2. The first kappa shape index (κ1) is 12.7. The number of amides is 1. The van der Waals surface area contributed by atoms with Gasteiger partial charge in [-0.25, -0.2) is 0 Å². The molecule has 0 aromatic heterocycles. The Hall–Kier alpha value is -1.75. The summed E-state index contributed by atoms with van der Waals surface area (Å²) >= 11 is 0. The number of methoxy groups -OCH3 is 2. The van der Waals surface area contributed by atoms with E-state index in [-0.39, 0.29) is 11.9 Å². The second kappa shape index (κ2) is 5.73. The molecule has 1 aliphatic heterocycles. The fraction of sp³-hybridized carbons (Fsp3) is 0.462. The van der Waals surface area contributed by atoms with Gasteiger partial charge in [0.05, 0.1) is 19.8 Å². The van der Waals surface area contributed by atoms with Gasteiger partial charge >= 0.3 is 0 Å². The Balaban J connectivity index is 2.18. The van der Waals surface area contributed by atoms with E-state index in [9.17, 15) is 4.79 Å². The molecular formula is C13H18N2O3. The van der Waals surface area contributed by atoms with Crippen LogP contribution >= 0.6 is 0 Å². The SMILES string of the molecule is COc1cccc(C(=O)N[C@H]2CCNC2)c1OC. The summed E-state index contributed by atoms with van der Waals surface area (Å²) in [5, 5.41) is 6.19. The number of para-hydroxylation sites is 1. The highest BCUT2D eigenvalue weighted by Crippen LogP contribution is 2.30. The highest BCUT2D eigenvalue weighted by atomic mass is 16.5. The number of rotatable bonds is 4. The fourth-order valence-electron chi connectivity index (χ4n) is 2.11. The lowest BCUT2D eigenvalue weighted by Gasteiger charge is -2.15. The van der Waals surface area contributed by atoms with Gasteiger partial charge in [0, 0.05) is 12.6 Å². The van der Waals surface area contributed by atoms with Crippen molar-refractivity contribution in [2.45, 2.75) is 12.5 Å². The van der Waals surface area contributed by atoms with Gasteiger partial charge < -0.3 is 20.1 Å². The van der Waals surface area contributed by atoms with E-state index >= 15 is 0 Å². The number of carbonyl (C=O) groups excluding carboxylic acids is 1. The van der Waals surface area contributed by atoms with Gasteiger partial charge in [-0.3, -0.25) is 4.79 Å². The Bertz CT molecular complexity index is 428. The van der Waals surface area contributed by atoms with Crippen molar-refractivity contribution in [1.82, 2.24) is 10.6 Å². The van der Waals surface area contributed by atoms with Crippen LogP contribution in [0, 0.1) is 0 Å². The topological polar surface area (TPSA) is 59.6 Å². The fourth-order valence-corrected chi connectivity index (χ4v) is 2.11. The number of hydrogen-bond donors (Lipinski definition) is 2. The standard InChI is InChI=1S/C13H18N2O3/c1-17-11-5-3-4-10(12(11)18-2)13(16)15-9-6-7-14-8-9/h3-5,9,14H,6-8H2,1-2H3,(H,15,16)/t9-/m0/s1. The zero-order chi connectivity index (χ0) is 13.0. The van der Waals surface area contributed by atoms with Gasteiger partial charge in [-0.05, 0) is 25.1 Å². The molecule has 0 radical (unpaired) electrons. The molecule has 5 heteroatoms. The number of ether oxygens (including phenoxy) is 2. The number of benzene rings is 1. The van der Waals surface area contributed by atoms with E-state index in [1.54, 1.807) is 25.3 Å². The van der Waals surface area contributed by atoms with Crippen LogP contribution in [0.3, 0.4) is 0 Å². The molecule has 0 unspecified atom stereocenters. The summed E-state index contributed by atoms with van der Waals surface area (Å²) < 4.78 is 10.4. The largest absolute Gasteiger partial charge is 0.493 e. The minimum Gasteiger partial charge on any atom is -0.493 e. The van der Waals surface area contributed by atoms with Crippen LogP contribution in [0.15, 0.2) is 18.2 Å². The van der Waals surface area contributed by atoms with Crippen molar-refractivity contribution in [3.05, 3.63) is 23.8 Å². The van der Waals surface area contributed by atoms with Gasteiger partial charge in [0.25, 0.3) is 5.91 Å². The third kappa shape index (κ3) is 2.56. The van der Waals surface area contributed by atoms with Crippen molar-refractivity contribution in [3.63, 3.8) is 0 Å². The Morgan fingerprint density at radius 3 is 2.83 bits per heavy atom. The molecule has 1 aromatic rings. The van der Waals surface area contributed by atoms with Crippen molar-refractivity contribution < 1.29 is 14.3 Å². The van der Waals surface area contributed by atoms with E-state index < -0.39 is 0 Å². The molecule has 18 heavy (non-hydrogen) atoms. The van der Waals surface area contributed by atoms with Crippen molar-refractivity contribution >= 4 is 5.91 Å². The predicted molar refractivity (Wildman–Crippen MR) is 68.3 cm³/mol. The van der Waals surface area contributed by atoms with E-state index in [1.165, 1.54) is 7.11 Å². The molecule has 1 aliphatic rings. The van der Waals surface area contributed by atoms with Gasteiger partial charge in [-0.15, -0.1) is 0 Å². The third-order valence-electron chi connectivity index (χ3n) is 3.04. The lowest BCUT2D eigenvalue weighted by Crippen LogP contribution is -2.36. The molecule has 2 rings (SSSR count). The molecule has 1 heterocycles. The van der Waals surface area contributed by atoms with Crippen molar-refractivity contribution in [1.29, 1.82) is 0 Å². The molecule has 1 atom stereocenters. The van der Waals surface area contributed by atoms with Gasteiger partial charge in [0.15, 0.2) is 11.5 Å². The van der Waals surface area contributed by atoms with Crippen molar-refractivity contribution in [3.8, 4) is 11.5 Å². The first-order chi connectivity index (χ1) is 8.76. The molecule has 2 N–H and O–H groups in total. The molecule has 98 valence electrons. The lowest BCUT2D eigenvalue weighted by molar-refractivity contribution is 0.0936. The summed E-state index contributed by atoms with van der Waals surface area (Å²) in [5.41, 5.74) is 0.503. The normalized spacial score (nSPS) is 18.4. The van der Waals surface area contributed by atoms with Crippen molar-refractivity contribution in [2.24, 2.45) is 0 Å². The molecule has 1 aromatic carbocycles. The van der Waals surface area contributed by atoms with Crippen molar-refractivity contribution in [2.75, 3.05) is 27.3 Å². The molecule has 0 aliphatic carbocycles. The minimum atomic E-state index is -0.126. The van der Waals surface area contributed by atoms with Gasteiger partial charge in [-0.1, -0.05) is 6.07 Å². The lowest BCUT2D eigenvalue weighted by atomic mass is 10.1. The molecule has 0 bridgehead atoms. The summed E-state index contributed by atoms with van der Waals surface area (Å²) in [7, 11) is 3.09. The van der Waals surface area contributed by atoms with Crippen LogP contribution in [-0.4, -0.2) is 39.3 Å². The molecule has 1 fully saturated rings. The molecule has 0 saturated carbocycles. The zero-order valence-corrected chi connectivity index (χ0v) is 10.7. The van der Waals surface area contributed by atoms with Crippen LogP contribution in [0.5, 0.6) is 11.5 Å². The van der Waals surface area contributed by atoms with Crippen LogP contribution in [0.4, 0.5) is 0 Å². The van der Waals surface area contributed by atoms with E-state index in [0.717, 1.165) is 19.5 Å². The van der Waals surface area contributed by atoms with Crippen LogP contribution in [0.25, 0.3) is 0 Å². The predicted octanol–water partition coefficient (Wildman–Crippen LogP) is 0.795. The summed E-state index contributed by atoms with van der Waals surface area (Å²) in [6, 6.07) is 5.48.